The standard InChI is InChI=1S/C39H26ClN3/c40-34-24-22-29(23-25-34)32-14-9-15-33(26-32)38-41-37(31-20-18-28(19-21-31)27-10-3-1-4-11-27)42-39(43-38)36-17-8-7-16-35(36)30-12-5-2-6-13-30/h1-26H. The maximum Gasteiger partial charge on any atom is 0.164 e. The fraction of sp³-hybridized carbons (Fsp3) is 0. The first-order valence-corrected chi connectivity index (χ1v) is 14.5. The first-order valence-electron chi connectivity index (χ1n) is 14.1. The molecule has 0 atom stereocenters. The summed E-state index contributed by atoms with van der Waals surface area (Å²) in [7, 11) is 0. The summed E-state index contributed by atoms with van der Waals surface area (Å²) >= 11 is 6.15. The summed E-state index contributed by atoms with van der Waals surface area (Å²) in [5.41, 5.74) is 9.42. The third-order valence-electron chi connectivity index (χ3n) is 7.44. The van der Waals surface area contributed by atoms with E-state index in [1.54, 1.807) is 0 Å². The molecule has 7 rings (SSSR count). The van der Waals surface area contributed by atoms with Crippen LogP contribution in [0.25, 0.3) is 67.5 Å². The average Bonchev–Trinajstić information content (AvgIpc) is 3.09. The smallest absolute Gasteiger partial charge is 0.164 e. The van der Waals surface area contributed by atoms with Gasteiger partial charge in [-0.15, -0.1) is 0 Å². The molecule has 0 bridgehead atoms. The molecule has 0 fully saturated rings. The molecule has 204 valence electrons. The average molecular weight is 572 g/mol. The molecular weight excluding hydrogens is 546 g/mol. The van der Waals surface area contributed by atoms with Crippen LogP contribution >= 0.6 is 11.6 Å². The molecule has 0 amide bonds. The van der Waals surface area contributed by atoms with Crippen molar-refractivity contribution in [2.75, 3.05) is 0 Å². The Hall–Kier alpha value is -5.38. The molecule has 1 aromatic heterocycles. The van der Waals surface area contributed by atoms with Crippen LogP contribution in [0, 0.1) is 0 Å². The molecule has 4 heteroatoms. The molecule has 0 radical (unpaired) electrons. The summed E-state index contributed by atoms with van der Waals surface area (Å²) in [6.07, 6.45) is 0. The highest BCUT2D eigenvalue weighted by Crippen LogP contribution is 2.33. The Morgan fingerprint density at radius 3 is 1.44 bits per heavy atom. The lowest BCUT2D eigenvalue weighted by Gasteiger charge is -2.13. The van der Waals surface area contributed by atoms with Crippen LogP contribution in [0.4, 0.5) is 0 Å². The highest BCUT2D eigenvalue weighted by Gasteiger charge is 2.16. The van der Waals surface area contributed by atoms with Crippen LogP contribution in [0.5, 0.6) is 0 Å². The highest BCUT2D eigenvalue weighted by molar-refractivity contribution is 6.30. The van der Waals surface area contributed by atoms with Gasteiger partial charge in [-0.2, -0.15) is 0 Å². The number of rotatable bonds is 6. The van der Waals surface area contributed by atoms with E-state index in [1.807, 2.05) is 72.8 Å². The molecule has 3 nitrogen and oxygen atoms in total. The van der Waals surface area contributed by atoms with Crippen molar-refractivity contribution in [1.29, 1.82) is 0 Å². The van der Waals surface area contributed by atoms with Gasteiger partial charge in [0.15, 0.2) is 17.5 Å². The second kappa shape index (κ2) is 11.8. The van der Waals surface area contributed by atoms with Gasteiger partial charge < -0.3 is 0 Å². The maximum atomic E-state index is 6.15. The summed E-state index contributed by atoms with van der Waals surface area (Å²) in [5.74, 6) is 1.87. The van der Waals surface area contributed by atoms with Gasteiger partial charge in [0.1, 0.15) is 0 Å². The summed E-state index contributed by atoms with van der Waals surface area (Å²) in [5, 5.41) is 0.710. The summed E-state index contributed by atoms with van der Waals surface area (Å²) in [4.78, 5) is 15.1. The van der Waals surface area contributed by atoms with Gasteiger partial charge in [-0.3, -0.25) is 0 Å². The molecule has 0 aliphatic heterocycles. The van der Waals surface area contributed by atoms with E-state index in [0.29, 0.717) is 22.5 Å². The Kier molecular flexibility index (Phi) is 7.31. The Balaban J connectivity index is 1.38. The van der Waals surface area contributed by atoms with E-state index in [0.717, 1.165) is 44.5 Å². The Morgan fingerprint density at radius 1 is 0.302 bits per heavy atom. The number of hydrogen-bond acceptors (Lipinski definition) is 3. The minimum Gasteiger partial charge on any atom is -0.208 e. The topological polar surface area (TPSA) is 38.7 Å². The predicted molar refractivity (Wildman–Crippen MR) is 177 cm³/mol. The minimum atomic E-state index is 0.616. The zero-order valence-electron chi connectivity index (χ0n) is 23.2. The number of hydrogen-bond donors (Lipinski definition) is 0. The third kappa shape index (κ3) is 5.72. The van der Waals surface area contributed by atoms with Gasteiger partial charge in [0.2, 0.25) is 0 Å². The molecule has 43 heavy (non-hydrogen) atoms. The zero-order valence-corrected chi connectivity index (χ0v) is 24.0. The predicted octanol–water partition coefficient (Wildman–Crippen LogP) is 10.5. The van der Waals surface area contributed by atoms with Gasteiger partial charge in [0.05, 0.1) is 0 Å². The SMILES string of the molecule is Clc1ccc(-c2cccc(-c3nc(-c4ccc(-c5ccccc5)cc4)nc(-c4ccccc4-c4ccccc4)n3)c2)cc1. The lowest BCUT2D eigenvalue weighted by molar-refractivity contribution is 1.07. The summed E-state index contributed by atoms with van der Waals surface area (Å²) in [6.45, 7) is 0. The van der Waals surface area contributed by atoms with E-state index in [9.17, 15) is 0 Å². The van der Waals surface area contributed by atoms with Crippen molar-refractivity contribution in [3.8, 4) is 67.5 Å². The fourth-order valence-corrected chi connectivity index (χ4v) is 5.35. The van der Waals surface area contributed by atoms with Crippen LogP contribution in [-0.2, 0) is 0 Å². The molecule has 0 N–H and O–H groups in total. The number of nitrogens with zero attached hydrogens (tertiary/aromatic N) is 3. The minimum absolute atomic E-state index is 0.616. The third-order valence-corrected chi connectivity index (χ3v) is 7.69. The first kappa shape index (κ1) is 26.5. The Morgan fingerprint density at radius 2 is 0.744 bits per heavy atom. The molecule has 7 aromatic rings. The molecule has 6 aromatic carbocycles. The first-order chi connectivity index (χ1) is 21.2. The van der Waals surface area contributed by atoms with Crippen LogP contribution in [0.2, 0.25) is 5.02 Å². The Bertz CT molecular complexity index is 2000. The second-order valence-electron chi connectivity index (χ2n) is 10.2. The molecule has 0 aliphatic rings. The van der Waals surface area contributed by atoms with E-state index in [2.05, 4.69) is 84.9 Å². The molecule has 0 saturated carbocycles. The van der Waals surface area contributed by atoms with E-state index >= 15 is 0 Å². The van der Waals surface area contributed by atoms with E-state index in [4.69, 9.17) is 26.6 Å². The van der Waals surface area contributed by atoms with Crippen molar-refractivity contribution in [2.45, 2.75) is 0 Å². The zero-order chi connectivity index (χ0) is 29.0. The van der Waals surface area contributed by atoms with Crippen molar-refractivity contribution < 1.29 is 0 Å². The fourth-order valence-electron chi connectivity index (χ4n) is 5.22. The molecular formula is C39H26ClN3. The quantitative estimate of drug-likeness (QED) is 0.199. The van der Waals surface area contributed by atoms with E-state index in [1.165, 1.54) is 5.56 Å². The lowest BCUT2D eigenvalue weighted by atomic mass is 9.99. The lowest BCUT2D eigenvalue weighted by Crippen LogP contribution is -2.01. The van der Waals surface area contributed by atoms with Crippen molar-refractivity contribution in [1.82, 2.24) is 15.0 Å². The molecule has 0 unspecified atom stereocenters. The van der Waals surface area contributed by atoms with E-state index < -0.39 is 0 Å². The molecule has 0 saturated heterocycles. The number of benzene rings is 6. The molecule has 0 spiro atoms. The van der Waals surface area contributed by atoms with Crippen LogP contribution in [0.15, 0.2) is 158 Å². The monoisotopic (exact) mass is 571 g/mol. The van der Waals surface area contributed by atoms with Crippen molar-refractivity contribution in [3.05, 3.63) is 163 Å². The van der Waals surface area contributed by atoms with Crippen molar-refractivity contribution in [2.24, 2.45) is 0 Å². The van der Waals surface area contributed by atoms with Gasteiger partial charge in [-0.25, -0.2) is 15.0 Å². The maximum absolute atomic E-state index is 6.15. The van der Waals surface area contributed by atoms with Crippen molar-refractivity contribution in [3.63, 3.8) is 0 Å². The van der Waals surface area contributed by atoms with Gasteiger partial charge in [-0.05, 0) is 51.6 Å². The number of halogens is 1. The highest BCUT2D eigenvalue weighted by atomic mass is 35.5. The molecule has 1 heterocycles. The van der Waals surface area contributed by atoms with E-state index in [-0.39, 0.29) is 0 Å². The van der Waals surface area contributed by atoms with Crippen LogP contribution in [0.1, 0.15) is 0 Å². The Labute approximate surface area is 256 Å². The summed E-state index contributed by atoms with van der Waals surface area (Å²) < 4.78 is 0. The van der Waals surface area contributed by atoms with Gasteiger partial charge in [-0.1, -0.05) is 151 Å². The van der Waals surface area contributed by atoms with Gasteiger partial charge >= 0.3 is 0 Å². The normalized spacial score (nSPS) is 10.9. The van der Waals surface area contributed by atoms with Crippen LogP contribution in [0.3, 0.4) is 0 Å². The number of aromatic nitrogens is 3. The second-order valence-corrected chi connectivity index (χ2v) is 10.7. The van der Waals surface area contributed by atoms with Crippen molar-refractivity contribution >= 4 is 11.6 Å². The van der Waals surface area contributed by atoms with Crippen LogP contribution in [-0.4, -0.2) is 15.0 Å². The molecule has 0 aliphatic carbocycles. The van der Waals surface area contributed by atoms with Crippen LogP contribution < -0.4 is 0 Å². The summed E-state index contributed by atoms with van der Waals surface area (Å²) in [6, 6.07) is 53.5. The van der Waals surface area contributed by atoms with Gasteiger partial charge in [0.25, 0.3) is 0 Å². The van der Waals surface area contributed by atoms with Gasteiger partial charge in [0, 0.05) is 21.7 Å². The largest absolute Gasteiger partial charge is 0.208 e.